The van der Waals surface area contributed by atoms with Crippen molar-refractivity contribution in [3.63, 3.8) is 0 Å². The van der Waals surface area contributed by atoms with Crippen molar-refractivity contribution in [2.45, 2.75) is 37.1 Å². The maximum absolute atomic E-state index is 12.2. The van der Waals surface area contributed by atoms with E-state index in [-0.39, 0.29) is 29.2 Å². The van der Waals surface area contributed by atoms with Gasteiger partial charge < -0.3 is 5.32 Å². The van der Waals surface area contributed by atoms with Crippen LogP contribution in [0.15, 0.2) is 29.2 Å². The zero-order chi connectivity index (χ0) is 15.5. The van der Waals surface area contributed by atoms with Crippen LogP contribution in [0.2, 0.25) is 0 Å². The highest BCUT2D eigenvalue weighted by Gasteiger charge is 2.23. The molecule has 1 saturated heterocycles. The van der Waals surface area contributed by atoms with Crippen LogP contribution >= 0.6 is 0 Å². The molecule has 1 atom stereocenters. The Balaban J connectivity index is 2.08. The molecule has 0 aromatic heterocycles. The van der Waals surface area contributed by atoms with Gasteiger partial charge in [0.15, 0.2) is 5.78 Å². The fourth-order valence-corrected chi connectivity index (χ4v) is 3.29. The molecule has 1 heterocycles. The Morgan fingerprint density at radius 3 is 2.81 bits per heavy atom. The molecule has 21 heavy (non-hydrogen) atoms. The van der Waals surface area contributed by atoms with E-state index in [1.165, 1.54) is 12.1 Å². The Hall–Kier alpha value is -1.73. The number of benzene rings is 1. The lowest BCUT2D eigenvalue weighted by Crippen LogP contribution is -2.38. The van der Waals surface area contributed by atoms with Crippen LogP contribution in [0.1, 0.15) is 36.5 Å². The minimum atomic E-state index is -3.68. The minimum Gasteiger partial charge on any atom is -0.352 e. The molecule has 2 rings (SSSR count). The van der Waals surface area contributed by atoms with Crippen LogP contribution in [-0.2, 0) is 14.8 Å². The van der Waals surface area contributed by atoms with Gasteiger partial charge in [-0.05, 0) is 18.6 Å². The molecule has 0 bridgehead atoms. The lowest BCUT2D eigenvalue weighted by Gasteiger charge is -2.12. The van der Waals surface area contributed by atoms with Crippen LogP contribution in [0.25, 0.3) is 0 Å². The zero-order valence-corrected chi connectivity index (χ0v) is 12.6. The second kappa shape index (κ2) is 6.36. The predicted octanol–water partition coefficient (Wildman–Crippen LogP) is 0.836. The van der Waals surface area contributed by atoms with Gasteiger partial charge in [-0.3, -0.25) is 9.59 Å². The molecule has 1 unspecified atom stereocenters. The first kappa shape index (κ1) is 15.7. The molecule has 2 N–H and O–H groups in total. The second-order valence-corrected chi connectivity index (χ2v) is 6.73. The summed E-state index contributed by atoms with van der Waals surface area (Å²) >= 11 is 0. The number of amides is 1. The van der Waals surface area contributed by atoms with Crippen LogP contribution in [0.5, 0.6) is 0 Å². The van der Waals surface area contributed by atoms with Crippen molar-refractivity contribution in [1.29, 1.82) is 0 Å². The Labute approximate surface area is 124 Å². The maximum atomic E-state index is 12.2. The Kier molecular flexibility index (Phi) is 4.74. The zero-order valence-electron chi connectivity index (χ0n) is 11.8. The molecule has 1 fully saturated rings. The molecule has 0 saturated carbocycles. The highest BCUT2D eigenvalue weighted by molar-refractivity contribution is 7.89. The third-order valence-electron chi connectivity index (χ3n) is 3.39. The summed E-state index contributed by atoms with van der Waals surface area (Å²) in [6, 6.07) is 5.80. The maximum Gasteiger partial charge on any atom is 0.240 e. The van der Waals surface area contributed by atoms with E-state index in [1.54, 1.807) is 19.1 Å². The third-order valence-corrected chi connectivity index (χ3v) is 4.81. The number of carbonyl (C=O) groups is 2. The highest BCUT2D eigenvalue weighted by atomic mass is 32.2. The summed E-state index contributed by atoms with van der Waals surface area (Å²) < 4.78 is 26.9. The number of hydrogen-bond acceptors (Lipinski definition) is 4. The Morgan fingerprint density at radius 2 is 2.19 bits per heavy atom. The van der Waals surface area contributed by atoms with E-state index in [9.17, 15) is 18.0 Å². The van der Waals surface area contributed by atoms with E-state index >= 15 is 0 Å². The van der Waals surface area contributed by atoms with Crippen molar-refractivity contribution in [2.24, 2.45) is 0 Å². The number of carbonyl (C=O) groups excluding carboxylic acids is 2. The topological polar surface area (TPSA) is 92.3 Å². The van der Waals surface area contributed by atoms with Crippen LogP contribution in [0.3, 0.4) is 0 Å². The van der Waals surface area contributed by atoms with Crippen molar-refractivity contribution in [3.8, 4) is 0 Å². The van der Waals surface area contributed by atoms with Crippen LogP contribution in [0, 0.1) is 0 Å². The van der Waals surface area contributed by atoms with Gasteiger partial charge in [-0.25, -0.2) is 13.1 Å². The third kappa shape index (κ3) is 3.89. The molecule has 1 aromatic carbocycles. The summed E-state index contributed by atoms with van der Waals surface area (Å²) in [5, 5.41) is 2.70. The van der Waals surface area contributed by atoms with Gasteiger partial charge in [0, 0.05) is 31.0 Å². The van der Waals surface area contributed by atoms with E-state index < -0.39 is 10.0 Å². The van der Waals surface area contributed by atoms with Crippen molar-refractivity contribution in [3.05, 3.63) is 29.8 Å². The van der Waals surface area contributed by atoms with Crippen LogP contribution in [-0.4, -0.2) is 32.7 Å². The molecule has 0 spiro atoms. The van der Waals surface area contributed by atoms with Crippen molar-refractivity contribution in [1.82, 2.24) is 10.0 Å². The summed E-state index contributed by atoms with van der Waals surface area (Å²) in [4.78, 5) is 22.8. The van der Waals surface area contributed by atoms with E-state index in [2.05, 4.69) is 10.0 Å². The molecule has 0 radical (unpaired) electrons. The highest BCUT2D eigenvalue weighted by Crippen LogP contribution is 2.14. The van der Waals surface area contributed by atoms with Crippen LogP contribution in [0.4, 0.5) is 0 Å². The van der Waals surface area contributed by atoms with E-state index in [4.69, 9.17) is 0 Å². The van der Waals surface area contributed by atoms with E-state index in [0.717, 1.165) is 0 Å². The largest absolute Gasteiger partial charge is 0.352 e. The number of Topliss-reactive ketones (excluding diaryl/α,β-unsaturated/α-hetero) is 1. The van der Waals surface area contributed by atoms with Gasteiger partial charge in [0.1, 0.15) is 0 Å². The summed E-state index contributed by atoms with van der Waals surface area (Å²) in [6.45, 7) is 1.88. The van der Waals surface area contributed by atoms with Gasteiger partial charge in [-0.1, -0.05) is 19.1 Å². The van der Waals surface area contributed by atoms with Crippen molar-refractivity contribution < 1.29 is 18.0 Å². The first-order valence-corrected chi connectivity index (χ1v) is 8.33. The molecule has 6 nitrogen and oxygen atoms in total. The van der Waals surface area contributed by atoms with E-state index in [1.807, 2.05) is 0 Å². The fourth-order valence-electron chi connectivity index (χ4n) is 2.16. The molecule has 114 valence electrons. The summed E-state index contributed by atoms with van der Waals surface area (Å²) in [5.74, 6) is -0.162. The second-order valence-electron chi connectivity index (χ2n) is 4.96. The van der Waals surface area contributed by atoms with Gasteiger partial charge in [0.05, 0.1) is 4.90 Å². The number of sulfonamides is 1. The first-order chi connectivity index (χ1) is 9.92. The van der Waals surface area contributed by atoms with Gasteiger partial charge in [-0.2, -0.15) is 0 Å². The molecular formula is C14H18N2O4S. The molecule has 1 aliphatic heterocycles. The molecule has 1 aliphatic rings. The Morgan fingerprint density at radius 1 is 1.43 bits per heavy atom. The average Bonchev–Trinajstić information content (AvgIpc) is 2.90. The summed E-state index contributed by atoms with van der Waals surface area (Å²) in [5.41, 5.74) is 0.384. The van der Waals surface area contributed by atoms with Gasteiger partial charge >= 0.3 is 0 Å². The predicted molar refractivity (Wildman–Crippen MR) is 77.4 cm³/mol. The van der Waals surface area contributed by atoms with Gasteiger partial charge in [-0.15, -0.1) is 0 Å². The van der Waals surface area contributed by atoms with Crippen molar-refractivity contribution in [2.75, 3.05) is 6.54 Å². The first-order valence-electron chi connectivity index (χ1n) is 6.84. The minimum absolute atomic E-state index is 0.0604. The lowest BCUT2D eigenvalue weighted by molar-refractivity contribution is -0.119. The standard InChI is InChI=1S/C14H18N2O4S/c1-2-13(17)10-4-3-5-12(8-10)21(19,20)15-9-11-6-7-14(18)16-11/h3-5,8,11,15H,2,6-7,9H2,1H3,(H,16,18). The molecule has 7 heteroatoms. The fraction of sp³-hybridized carbons (Fsp3) is 0.429. The number of nitrogens with one attached hydrogen (secondary N) is 2. The summed E-state index contributed by atoms with van der Waals surface area (Å²) in [7, 11) is -3.68. The molecule has 1 aromatic rings. The molecule has 1 amide bonds. The monoisotopic (exact) mass is 310 g/mol. The molecular weight excluding hydrogens is 292 g/mol. The lowest BCUT2D eigenvalue weighted by atomic mass is 10.1. The van der Waals surface area contributed by atoms with E-state index in [0.29, 0.717) is 24.8 Å². The SMILES string of the molecule is CCC(=O)c1cccc(S(=O)(=O)NCC2CCC(=O)N2)c1. The Bertz CT molecular complexity index is 655. The average molecular weight is 310 g/mol. The van der Waals surface area contributed by atoms with Gasteiger partial charge in [0.2, 0.25) is 15.9 Å². The molecule has 0 aliphatic carbocycles. The normalized spacial score (nSPS) is 18.5. The quantitative estimate of drug-likeness (QED) is 0.761. The number of hydrogen-bond donors (Lipinski definition) is 2. The van der Waals surface area contributed by atoms with Crippen LogP contribution < -0.4 is 10.0 Å². The summed E-state index contributed by atoms with van der Waals surface area (Å²) in [6.07, 6.45) is 1.37. The number of ketones is 1. The van der Waals surface area contributed by atoms with Gasteiger partial charge in [0.25, 0.3) is 0 Å². The number of rotatable bonds is 6. The smallest absolute Gasteiger partial charge is 0.240 e. The van der Waals surface area contributed by atoms with Crippen molar-refractivity contribution >= 4 is 21.7 Å².